The molecule has 2 aromatic carbocycles. The number of benzene rings is 2. The van der Waals surface area contributed by atoms with Crippen molar-refractivity contribution in [3.63, 3.8) is 0 Å². The first kappa shape index (κ1) is 15.9. The summed E-state index contributed by atoms with van der Waals surface area (Å²) >= 11 is 4.83. The molecule has 0 heterocycles. The second-order valence-corrected chi connectivity index (χ2v) is 7.12. The first-order valence-electron chi connectivity index (χ1n) is 6.73. The molecule has 2 rings (SSSR count). The van der Waals surface area contributed by atoms with Crippen molar-refractivity contribution in [2.45, 2.75) is 18.2 Å². The van der Waals surface area contributed by atoms with Crippen LogP contribution in [0.25, 0.3) is 10.8 Å². The van der Waals surface area contributed by atoms with Gasteiger partial charge in [-0.05, 0) is 11.5 Å². The van der Waals surface area contributed by atoms with Gasteiger partial charge in [0.1, 0.15) is 0 Å². The van der Waals surface area contributed by atoms with Gasteiger partial charge in [0, 0.05) is 24.9 Å². The number of hydrogen-bond acceptors (Lipinski definition) is 3. The molecule has 0 unspecified atom stereocenters. The molecule has 21 heavy (non-hydrogen) atoms. The molecule has 6 heteroatoms. The highest BCUT2D eigenvalue weighted by atomic mass is 32.2. The molecule has 2 N–H and O–H groups in total. The van der Waals surface area contributed by atoms with Crippen LogP contribution in [0.2, 0.25) is 0 Å². The molecule has 0 saturated heterocycles. The summed E-state index contributed by atoms with van der Waals surface area (Å²) in [7, 11) is -3.56. The maximum atomic E-state index is 12.8. The second-order valence-electron chi connectivity index (χ2n) is 4.69. The summed E-state index contributed by atoms with van der Waals surface area (Å²) in [5, 5.41) is 1.64. The molecule has 0 spiro atoms. The van der Waals surface area contributed by atoms with Crippen molar-refractivity contribution in [3.8, 4) is 0 Å². The molecule has 0 atom stereocenters. The molecule has 0 bridgehead atoms. The minimum atomic E-state index is -3.56. The van der Waals surface area contributed by atoms with Gasteiger partial charge in [0.25, 0.3) is 0 Å². The predicted molar refractivity (Wildman–Crippen MR) is 89.8 cm³/mol. The van der Waals surface area contributed by atoms with Crippen molar-refractivity contribution >= 4 is 38.0 Å². The molecule has 112 valence electrons. The van der Waals surface area contributed by atoms with Crippen LogP contribution in [0.4, 0.5) is 0 Å². The fraction of sp³-hybridized carbons (Fsp3) is 0.267. The van der Waals surface area contributed by atoms with Gasteiger partial charge in [0.05, 0.1) is 9.88 Å². The maximum absolute atomic E-state index is 12.8. The smallest absolute Gasteiger partial charge is 0.243 e. The summed E-state index contributed by atoms with van der Waals surface area (Å²) in [6, 6.07) is 12.8. The Morgan fingerprint density at radius 3 is 2.52 bits per heavy atom. The maximum Gasteiger partial charge on any atom is 0.243 e. The van der Waals surface area contributed by atoms with E-state index in [0.717, 1.165) is 10.8 Å². The molecule has 0 fully saturated rings. The third kappa shape index (κ3) is 3.40. The molecule has 4 nitrogen and oxygen atoms in total. The van der Waals surface area contributed by atoms with Crippen molar-refractivity contribution in [3.05, 3.63) is 42.5 Å². The van der Waals surface area contributed by atoms with Crippen molar-refractivity contribution in [1.29, 1.82) is 0 Å². The van der Waals surface area contributed by atoms with E-state index in [1.165, 1.54) is 4.31 Å². The van der Waals surface area contributed by atoms with Crippen LogP contribution >= 0.6 is 12.2 Å². The van der Waals surface area contributed by atoms with Crippen LogP contribution in [0.1, 0.15) is 13.3 Å². The third-order valence-electron chi connectivity index (χ3n) is 3.33. The van der Waals surface area contributed by atoms with E-state index in [2.05, 4.69) is 0 Å². The third-order valence-corrected chi connectivity index (χ3v) is 5.56. The van der Waals surface area contributed by atoms with Crippen LogP contribution in [0.3, 0.4) is 0 Å². The second kappa shape index (κ2) is 6.51. The van der Waals surface area contributed by atoms with E-state index in [1.54, 1.807) is 12.1 Å². The van der Waals surface area contributed by atoms with E-state index in [9.17, 15) is 8.42 Å². The van der Waals surface area contributed by atoms with Crippen molar-refractivity contribution < 1.29 is 8.42 Å². The van der Waals surface area contributed by atoms with E-state index in [0.29, 0.717) is 29.4 Å². The summed E-state index contributed by atoms with van der Waals surface area (Å²) in [5.41, 5.74) is 5.48. The normalized spacial score (nSPS) is 11.9. The van der Waals surface area contributed by atoms with E-state index >= 15 is 0 Å². The monoisotopic (exact) mass is 322 g/mol. The number of nitrogens with zero attached hydrogens (tertiary/aromatic N) is 1. The molecule has 0 radical (unpaired) electrons. The average molecular weight is 322 g/mol. The number of nitrogens with two attached hydrogens (primary N) is 1. The minimum Gasteiger partial charge on any atom is -0.393 e. The lowest BCUT2D eigenvalue weighted by molar-refractivity contribution is 0.438. The first-order valence-corrected chi connectivity index (χ1v) is 8.58. The first-order chi connectivity index (χ1) is 9.96. The minimum absolute atomic E-state index is 0.303. The van der Waals surface area contributed by atoms with Crippen molar-refractivity contribution in [2.24, 2.45) is 5.73 Å². The van der Waals surface area contributed by atoms with Crippen LogP contribution < -0.4 is 5.73 Å². The van der Waals surface area contributed by atoms with E-state index in [-0.39, 0.29) is 0 Å². The zero-order chi connectivity index (χ0) is 15.5. The molecule has 0 aliphatic heterocycles. The van der Waals surface area contributed by atoms with Gasteiger partial charge in [-0.2, -0.15) is 4.31 Å². The van der Waals surface area contributed by atoms with Crippen molar-refractivity contribution in [1.82, 2.24) is 4.31 Å². The molecule has 0 aliphatic carbocycles. The highest BCUT2D eigenvalue weighted by Crippen LogP contribution is 2.25. The van der Waals surface area contributed by atoms with Crippen LogP contribution in [-0.4, -0.2) is 30.8 Å². The molecule has 2 aromatic rings. The molecular weight excluding hydrogens is 304 g/mol. The number of rotatable bonds is 6. The zero-order valence-corrected chi connectivity index (χ0v) is 13.5. The Labute approximate surface area is 130 Å². The van der Waals surface area contributed by atoms with Gasteiger partial charge in [-0.25, -0.2) is 8.42 Å². The Morgan fingerprint density at radius 2 is 1.86 bits per heavy atom. The Kier molecular flexibility index (Phi) is 4.92. The van der Waals surface area contributed by atoms with Gasteiger partial charge in [-0.1, -0.05) is 55.5 Å². The van der Waals surface area contributed by atoms with Gasteiger partial charge < -0.3 is 5.73 Å². The van der Waals surface area contributed by atoms with Crippen LogP contribution in [0.5, 0.6) is 0 Å². The van der Waals surface area contributed by atoms with Gasteiger partial charge >= 0.3 is 0 Å². The fourth-order valence-corrected chi connectivity index (χ4v) is 4.00. The summed E-state index contributed by atoms with van der Waals surface area (Å²) in [6.07, 6.45) is 0.382. The number of sulfonamides is 1. The summed E-state index contributed by atoms with van der Waals surface area (Å²) in [6.45, 7) is 2.49. The lowest BCUT2D eigenvalue weighted by Crippen LogP contribution is -2.33. The van der Waals surface area contributed by atoms with E-state index < -0.39 is 10.0 Å². The highest BCUT2D eigenvalue weighted by molar-refractivity contribution is 7.89. The van der Waals surface area contributed by atoms with E-state index in [4.69, 9.17) is 18.0 Å². The van der Waals surface area contributed by atoms with Crippen LogP contribution in [-0.2, 0) is 10.0 Å². The Hall–Kier alpha value is -1.50. The molecule has 0 aliphatic rings. The van der Waals surface area contributed by atoms with E-state index in [1.807, 2.05) is 37.3 Å². The van der Waals surface area contributed by atoms with Crippen molar-refractivity contribution in [2.75, 3.05) is 13.1 Å². The summed E-state index contributed by atoms with van der Waals surface area (Å²) in [5.74, 6) is 0. The molecular formula is C15H18N2O2S2. The SMILES string of the molecule is CCN(CCC(N)=S)S(=O)(=O)c1cccc2ccccc12. The molecule has 0 saturated carbocycles. The fourth-order valence-electron chi connectivity index (χ4n) is 2.24. The summed E-state index contributed by atoms with van der Waals surface area (Å²) < 4.78 is 27.1. The highest BCUT2D eigenvalue weighted by Gasteiger charge is 2.24. The lowest BCUT2D eigenvalue weighted by Gasteiger charge is -2.21. The lowest BCUT2D eigenvalue weighted by atomic mass is 10.1. The Bertz CT molecular complexity index is 752. The predicted octanol–water partition coefficient (Wildman–Crippen LogP) is 2.53. The quantitative estimate of drug-likeness (QED) is 0.830. The standard InChI is InChI=1S/C15H18N2O2S2/c1-2-17(11-10-15(16)20)21(18,19)14-9-5-7-12-6-3-4-8-13(12)14/h3-9H,2,10-11H2,1H3,(H2,16,20). The van der Waals surface area contributed by atoms with Gasteiger partial charge in [-0.15, -0.1) is 0 Å². The average Bonchev–Trinajstić information content (AvgIpc) is 2.46. The Balaban J connectivity index is 2.47. The number of hydrogen-bond donors (Lipinski definition) is 1. The molecule has 0 aromatic heterocycles. The van der Waals surface area contributed by atoms with Crippen LogP contribution in [0, 0.1) is 0 Å². The van der Waals surface area contributed by atoms with Gasteiger partial charge in [0.15, 0.2) is 0 Å². The van der Waals surface area contributed by atoms with Gasteiger partial charge in [0.2, 0.25) is 10.0 Å². The van der Waals surface area contributed by atoms with Crippen LogP contribution in [0.15, 0.2) is 47.4 Å². The summed E-state index contributed by atoms with van der Waals surface area (Å²) in [4.78, 5) is 0.645. The van der Waals surface area contributed by atoms with Gasteiger partial charge in [-0.3, -0.25) is 0 Å². The Morgan fingerprint density at radius 1 is 1.19 bits per heavy atom. The molecule has 0 amide bonds. The topological polar surface area (TPSA) is 63.4 Å². The zero-order valence-electron chi connectivity index (χ0n) is 11.8. The largest absolute Gasteiger partial charge is 0.393 e. The number of thiocarbonyl (C=S) groups is 1. The number of fused-ring (bicyclic) bond motifs is 1.